The molecule has 0 heterocycles. The van der Waals surface area contributed by atoms with Crippen molar-refractivity contribution >= 4 is 0 Å². The zero-order valence-electron chi connectivity index (χ0n) is 9.64. The Kier molecular flexibility index (Phi) is 3.54. The molecule has 80 valence electrons. The molecule has 2 atom stereocenters. The average molecular weight is 194 g/mol. The normalized spacial score (nSPS) is 30.7. The Morgan fingerprint density at radius 1 is 1.50 bits per heavy atom. The van der Waals surface area contributed by atoms with Crippen LogP contribution in [0.3, 0.4) is 0 Å². The van der Waals surface area contributed by atoms with Crippen LogP contribution in [0.15, 0.2) is 23.8 Å². The van der Waals surface area contributed by atoms with Gasteiger partial charge in [-0.2, -0.15) is 0 Å². The van der Waals surface area contributed by atoms with Crippen LogP contribution in [0.5, 0.6) is 0 Å². The van der Waals surface area contributed by atoms with Gasteiger partial charge in [-0.05, 0) is 46.0 Å². The van der Waals surface area contributed by atoms with E-state index in [1.165, 1.54) is 17.6 Å². The number of rotatable bonds is 4. The molecule has 1 N–H and O–H groups in total. The van der Waals surface area contributed by atoms with Gasteiger partial charge >= 0.3 is 0 Å². The molecule has 1 heteroatoms. The van der Waals surface area contributed by atoms with Gasteiger partial charge in [0.2, 0.25) is 0 Å². The third-order valence-electron chi connectivity index (χ3n) is 3.50. The highest BCUT2D eigenvalue weighted by Gasteiger charge is 2.45. The summed E-state index contributed by atoms with van der Waals surface area (Å²) < 4.78 is 0. The quantitative estimate of drug-likeness (QED) is 0.681. The molecule has 0 aromatic rings. The summed E-state index contributed by atoms with van der Waals surface area (Å²) in [5, 5.41) is 9.50. The van der Waals surface area contributed by atoms with Crippen molar-refractivity contribution in [1.29, 1.82) is 0 Å². The summed E-state index contributed by atoms with van der Waals surface area (Å²) >= 11 is 0. The van der Waals surface area contributed by atoms with Gasteiger partial charge in [-0.3, -0.25) is 0 Å². The number of hydrogen-bond donors (Lipinski definition) is 1. The van der Waals surface area contributed by atoms with Crippen molar-refractivity contribution in [3.63, 3.8) is 0 Å². The molecule has 0 amide bonds. The largest absolute Gasteiger partial charge is 0.396 e. The number of allylic oxidation sites excluding steroid dienone is 3. The maximum Gasteiger partial charge on any atom is 0.0496 e. The minimum atomic E-state index is 0.114. The Morgan fingerprint density at radius 3 is 2.43 bits per heavy atom. The van der Waals surface area contributed by atoms with Gasteiger partial charge in [-0.15, -0.1) is 0 Å². The average Bonchev–Trinajstić information content (AvgIpc) is 2.02. The third-order valence-corrected chi connectivity index (χ3v) is 3.50. The molecule has 0 radical (unpaired) electrons. The van der Waals surface area contributed by atoms with Crippen molar-refractivity contribution in [2.75, 3.05) is 6.61 Å². The second kappa shape index (κ2) is 4.31. The van der Waals surface area contributed by atoms with Crippen molar-refractivity contribution in [2.24, 2.45) is 11.3 Å². The minimum absolute atomic E-state index is 0.114. The molecule has 0 aromatic heterocycles. The molecule has 1 saturated carbocycles. The molecule has 1 aliphatic carbocycles. The first-order valence-electron chi connectivity index (χ1n) is 5.41. The molecular formula is C13H22O. The van der Waals surface area contributed by atoms with Gasteiger partial charge in [0.15, 0.2) is 0 Å². The van der Waals surface area contributed by atoms with Gasteiger partial charge in [-0.25, -0.2) is 0 Å². The topological polar surface area (TPSA) is 20.2 Å². The highest BCUT2D eigenvalue weighted by Crippen LogP contribution is 2.52. The van der Waals surface area contributed by atoms with E-state index in [4.69, 9.17) is 0 Å². The first-order valence-corrected chi connectivity index (χ1v) is 5.41. The van der Waals surface area contributed by atoms with Crippen LogP contribution >= 0.6 is 0 Å². The van der Waals surface area contributed by atoms with Gasteiger partial charge in [0, 0.05) is 12.0 Å². The lowest BCUT2D eigenvalue weighted by Gasteiger charge is -2.49. The molecule has 0 spiro atoms. The van der Waals surface area contributed by atoms with E-state index in [0.717, 1.165) is 12.8 Å². The SMILES string of the molecule is C=C(C)[C@@H]1CC[C@]1(CO)CC=C(C)C. The Hall–Kier alpha value is -0.560. The van der Waals surface area contributed by atoms with Crippen LogP contribution in [0, 0.1) is 11.3 Å². The summed E-state index contributed by atoms with van der Waals surface area (Å²) in [6.45, 7) is 10.6. The Bertz CT molecular complexity index is 244. The van der Waals surface area contributed by atoms with Gasteiger partial charge in [0.25, 0.3) is 0 Å². The van der Waals surface area contributed by atoms with Crippen LogP contribution in [0.4, 0.5) is 0 Å². The first kappa shape index (κ1) is 11.5. The van der Waals surface area contributed by atoms with Gasteiger partial charge in [0.1, 0.15) is 0 Å². The fraction of sp³-hybridized carbons (Fsp3) is 0.692. The molecular weight excluding hydrogens is 172 g/mol. The van der Waals surface area contributed by atoms with Crippen LogP contribution in [0.25, 0.3) is 0 Å². The van der Waals surface area contributed by atoms with Gasteiger partial charge in [0.05, 0.1) is 0 Å². The predicted octanol–water partition coefficient (Wildman–Crippen LogP) is 3.31. The molecule has 0 aromatic carbocycles. The Balaban J connectivity index is 2.68. The van der Waals surface area contributed by atoms with Gasteiger partial charge in [-0.1, -0.05) is 23.8 Å². The Labute approximate surface area is 87.5 Å². The molecule has 1 nitrogen and oxygen atoms in total. The van der Waals surface area contributed by atoms with Crippen molar-refractivity contribution in [3.05, 3.63) is 23.8 Å². The maximum absolute atomic E-state index is 9.50. The summed E-state index contributed by atoms with van der Waals surface area (Å²) in [5.74, 6) is 0.531. The maximum atomic E-state index is 9.50. The molecule has 1 rings (SSSR count). The highest BCUT2D eigenvalue weighted by molar-refractivity contribution is 5.13. The van der Waals surface area contributed by atoms with Crippen LogP contribution < -0.4 is 0 Å². The molecule has 0 aliphatic heterocycles. The van der Waals surface area contributed by atoms with Crippen LogP contribution in [0.1, 0.15) is 40.0 Å². The summed E-state index contributed by atoms with van der Waals surface area (Å²) in [4.78, 5) is 0. The number of aliphatic hydroxyl groups is 1. The minimum Gasteiger partial charge on any atom is -0.396 e. The predicted molar refractivity (Wildman–Crippen MR) is 61.1 cm³/mol. The third kappa shape index (κ3) is 2.09. The summed E-state index contributed by atoms with van der Waals surface area (Å²) in [7, 11) is 0. The van der Waals surface area contributed by atoms with Crippen molar-refractivity contribution in [1.82, 2.24) is 0 Å². The summed E-state index contributed by atoms with van der Waals surface area (Å²) in [5.41, 5.74) is 2.68. The monoisotopic (exact) mass is 194 g/mol. The van der Waals surface area contributed by atoms with E-state index < -0.39 is 0 Å². The fourth-order valence-corrected chi connectivity index (χ4v) is 2.37. The fourth-order valence-electron chi connectivity index (χ4n) is 2.37. The smallest absolute Gasteiger partial charge is 0.0496 e. The number of hydrogen-bond acceptors (Lipinski definition) is 1. The lowest BCUT2D eigenvalue weighted by atomic mass is 9.56. The van der Waals surface area contributed by atoms with Crippen molar-refractivity contribution < 1.29 is 5.11 Å². The molecule has 0 saturated heterocycles. The standard InChI is InChI=1S/C13H22O/c1-10(2)5-7-13(9-14)8-6-12(13)11(3)4/h5,12,14H,3,6-9H2,1-2,4H3/t12-,13-/m0/s1. The molecule has 0 bridgehead atoms. The molecule has 1 aliphatic rings. The van der Waals surface area contributed by atoms with E-state index in [2.05, 4.69) is 33.4 Å². The second-order valence-electron chi connectivity index (χ2n) is 4.94. The van der Waals surface area contributed by atoms with E-state index in [9.17, 15) is 5.11 Å². The summed E-state index contributed by atoms with van der Waals surface area (Å²) in [6.07, 6.45) is 5.59. The van der Waals surface area contributed by atoms with Crippen molar-refractivity contribution in [3.8, 4) is 0 Å². The number of aliphatic hydroxyl groups excluding tert-OH is 1. The van der Waals surface area contributed by atoms with E-state index in [1.807, 2.05) is 0 Å². The lowest BCUT2D eigenvalue weighted by molar-refractivity contribution is -0.00431. The zero-order valence-corrected chi connectivity index (χ0v) is 9.64. The van der Waals surface area contributed by atoms with E-state index in [0.29, 0.717) is 12.5 Å². The zero-order chi connectivity index (χ0) is 10.8. The lowest BCUT2D eigenvalue weighted by Crippen LogP contribution is -2.43. The van der Waals surface area contributed by atoms with E-state index >= 15 is 0 Å². The second-order valence-corrected chi connectivity index (χ2v) is 4.94. The molecule has 0 unspecified atom stereocenters. The van der Waals surface area contributed by atoms with Gasteiger partial charge < -0.3 is 5.11 Å². The van der Waals surface area contributed by atoms with E-state index in [1.54, 1.807) is 0 Å². The summed E-state index contributed by atoms with van der Waals surface area (Å²) in [6, 6.07) is 0. The van der Waals surface area contributed by atoms with Crippen molar-refractivity contribution in [2.45, 2.75) is 40.0 Å². The molecule has 1 fully saturated rings. The molecule has 14 heavy (non-hydrogen) atoms. The van der Waals surface area contributed by atoms with Crippen LogP contribution in [-0.2, 0) is 0 Å². The van der Waals surface area contributed by atoms with Crippen LogP contribution in [0.2, 0.25) is 0 Å². The van der Waals surface area contributed by atoms with Crippen LogP contribution in [-0.4, -0.2) is 11.7 Å². The van der Waals surface area contributed by atoms with E-state index in [-0.39, 0.29) is 5.41 Å². The first-order chi connectivity index (χ1) is 6.52. The Morgan fingerprint density at radius 2 is 2.14 bits per heavy atom. The highest BCUT2D eigenvalue weighted by atomic mass is 16.3.